The molecule has 1 amide bonds. The van der Waals surface area contributed by atoms with Gasteiger partial charge in [-0.3, -0.25) is 4.79 Å². The minimum absolute atomic E-state index is 0.0748. The summed E-state index contributed by atoms with van der Waals surface area (Å²) in [5, 5.41) is 2.39. The average Bonchev–Trinajstić information content (AvgIpc) is 2.67. The molecule has 0 aromatic heterocycles. The van der Waals surface area contributed by atoms with E-state index in [0.29, 0.717) is 5.56 Å². The Morgan fingerprint density at radius 1 is 1.19 bits per heavy atom. The highest BCUT2D eigenvalue weighted by Crippen LogP contribution is 2.17. The summed E-state index contributed by atoms with van der Waals surface area (Å²) in [6, 6.07) is 10.2. The second-order valence-electron chi connectivity index (χ2n) is 5.20. The van der Waals surface area contributed by atoms with Gasteiger partial charge in [-0.15, -0.1) is 0 Å². The molecule has 2 aromatic rings. The fourth-order valence-electron chi connectivity index (χ4n) is 2.03. The fourth-order valence-corrected chi connectivity index (χ4v) is 2.22. The van der Waals surface area contributed by atoms with E-state index in [1.54, 1.807) is 12.1 Å². The van der Waals surface area contributed by atoms with E-state index in [9.17, 15) is 18.8 Å². The lowest BCUT2D eigenvalue weighted by Gasteiger charge is -2.09. The number of hydrogen-bond donors (Lipinski definition) is 1. The van der Waals surface area contributed by atoms with Crippen LogP contribution < -0.4 is 5.32 Å². The molecule has 0 radical (unpaired) electrons. The van der Waals surface area contributed by atoms with Crippen LogP contribution in [0.1, 0.15) is 15.9 Å². The Kier molecular flexibility index (Phi) is 7.08. The molecule has 140 valence electrons. The summed E-state index contributed by atoms with van der Waals surface area (Å²) in [6.45, 7) is -0.553. The van der Waals surface area contributed by atoms with E-state index < -0.39 is 30.3 Å². The van der Waals surface area contributed by atoms with Crippen molar-refractivity contribution in [2.45, 2.75) is 0 Å². The molecule has 0 aliphatic carbocycles. The number of nitrogens with one attached hydrogen (secondary N) is 1. The molecule has 2 aromatic carbocycles. The van der Waals surface area contributed by atoms with Gasteiger partial charge in [-0.05, 0) is 35.9 Å². The molecule has 0 bridgehead atoms. The smallest absolute Gasteiger partial charge is 0.339 e. The maximum atomic E-state index is 13.1. The van der Waals surface area contributed by atoms with Gasteiger partial charge in [0.1, 0.15) is 5.82 Å². The Morgan fingerprint density at radius 2 is 1.93 bits per heavy atom. The van der Waals surface area contributed by atoms with Gasteiger partial charge in [-0.25, -0.2) is 14.0 Å². The number of ether oxygens (including phenoxy) is 2. The summed E-state index contributed by atoms with van der Waals surface area (Å²) in [6.07, 6.45) is 2.46. The molecule has 6 nitrogen and oxygen atoms in total. The van der Waals surface area contributed by atoms with Crippen molar-refractivity contribution in [3.05, 3.63) is 70.5 Å². The van der Waals surface area contributed by atoms with Crippen LogP contribution in [0.4, 0.5) is 10.1 Å². The molecule has 0 fully saturated rings. The predicted molar refractivity (Wildman–Crippen MR) is 97.8 cm³/mol. The third kappa shape index (κ3) is 5.93. The van der Waals surface area contributed by atoms with Gasteiger partial charge in [0.25, 0.3) is 5.91 Å². The molecule has 0 atom stereocenters. The lowest BCUT2D eigenvalue weighted by molar-refractivity contribution is -0.142. The van der Waals surface area contributed by atoms with Crippen LogP contribution >= 0.6 is 11.6 Å². The molecule has 27 heavy (non-hydrogen) atoms. The number of amides is 1. The van der Waals surface area contributed by atoms with Crippen LogP contribution in [0.25, 0.3) is 6.08 Å². The topological polar surface area (TPSA) is 81.7 Å². The molecule has 0 aliphatic rings. The Balaban J connectivity index is 1.90. The summed E-state index contributed by atoms with van der Waals surface area (Å²) >= 11 is 5.64. The standard InChI is InChI=1S/C19H15ClFNO5/c1-26-19(25)13-4-2-3-5-16(13)22-17(23)11-27-18(24)9-7-12-6-8-15(21)14(20)10-12/h2-10H,11H2,1H3,(H,22,23)/b9-7+. The van der Waals surface area contributed by atoms with E-state index in [4.69, 9.17) is 16.3 Å². The molecule has 1 N–H and O–H groups in total. The monoisotopic (exact) mass is 391 g/mol. The summed E-state index contributed by atoms with van der Waals surface area (Å²) in [4.78, 5) is 35.2. The van der Waals surface area contributed by atoms with Crippen molar-refractivity contribution in [1.29, 1.82) is 0 Å². The number of hydrogen-bond acceptors (Lipinski definition) is 5. The highest BCUT2D eigenvalue weighted by molar-refractivity contribution is 6.30. The van der Waals surface area contributed by atoms with Gasteiger partial charge in [0, 0.05) is 6.08 Å². The van der Waals surface area contributed by atoms with E-state index in [1.807, 2.05) is 0 Å². The normalized spacial score (nSPS) is 10.5. The zero-order valence-corrected chi connectivity index (χ0v) is 15.0. The number of anilines is 1. The second-order valence-corrected chi connectivity index (χ2v) is 5.61. The van der Waals surface area contributed by atoms with Crippen LogP contribution in [-0.2, 0) is 19.1 Å². The first-order chi connectivity index (χ1) is 12.9. The van der Waals surface area contributed by atoms with E-state index in [1.165, 1.54) is 43.5 Å². The third-order valence-corrected chi connectivity index (χ3v) is 3.60. The molecular formula is C19H15ClFNO5. The molecule has 0 heterocycles. The molecule has 0 spiro atoms. The number of methoxy groups -OCH3 is 1. The van der Waals surface area contributed by atoms with Gasteiger partial charge in [-0.1, -0.05) is 29.8 Å². The zero-order chi connectivity index (χ0) is 19.8. The predicted octanol–water partition coefficient (Wildman–Crippen LogP) is 3.46. The van der Waals surface area contributed by atoms with Gasteiger partial charge in [-0.2, -0.15) is 0 Å². The maximum Gasteiger partial charge on any atom is 0.339 e. The average molecular weight is 392 g/mol. The Morgan fingerprint density at radius 3 is 2.63 bits per heavy atom. The number of para-hydroxylation sites is 1. The lowest BCUT2D eigenvalue weighted by Crippen LogP contribution is -2.21. The molecule has 0 saturated heterocycles. The minimum atomic E-state index is -0.771. The van der Waals surface area contributed by atoms with Crippen molar-refractivity contribution >= 4 is 41.2 Å². The van der Waals surface area contributed by atoms with Crippen LogP contribution in [-0.4, -0.2) is 31.6 Å². The van der Waals surface area contributed by atoms with E-state index in [-0.39, 0.29) is 16.3 Å². The number of benzene rings is 2. The number of rotatable bonds is 6. The van der Waals surface area contributed by atoms with E-state index >= 15 is 0 Å². The zero-order valence-electron chi connectivity index (χ0n) is 14.2. The minimum Gasteiger partial charge on any atom is -0.465 e. The Bertz CT molecular complexity index is 897. The van der Waals surface area contributed by atoms with Crippen molar-refractivity contribution in [2.75, 3.05) is 19.0 Å². The Hall–Kier alpha value is -3.19. The third-order valence-electron chi connectivity index (χ3n) is 3.31. The van der Waals surface area contributed by atoms with Crippen LogP contribution in [0.15, 0.2) is 48.5 Å². The van der Waals surface area contributed by atoms with Crippen molar-refractivity contribution in [2.24, 2.45) is 0 Å². The van der Waals surface area contributed by atoms with Crippen LogP contribution in [0, 0.1) is 5.82 Å². The molecule has 0 saturated carbocycles. The lowest BCUT2D eigenvalue weighted by atomic mass is 10.2. The number of carbonyl (C=O) groups excluding carboxylic acids is 3. The molecule has 0 aliphatic heterocycles. The molecule has 2 rings (SSSR count). The van der Waals surface area contributed by atoms with Gasteiger partial charge >= 0.3 is 11.9 Å². The second kappa shape index (κ2) is 9.49. The summed E-state index contributed by atoms with van der Waals surface area (Å²) in [7, 11) is 1.23. The first-order valence-corrected chi connectivity index (χ1v) is 8.05. The maximum absolute atomic E-state index is 13.1. The summed E-state index contributed by atoms with van der Waals surface area (Å²) in [5.41, 5.74) is 0.907. The van der Waals surface area contributed by atoms with Crippen molar-refractivity contribution < 1.29 is 28.2 Å². The number of halogens is 2. The molecular weight excluding hydrogens is 377 g/mol. The Labute approximate surface area is 159 Å². The van der Waals surface area contributed by atoms with Gasteiger partial charge < -0.3 is 14.8 Å². The summed E-state index contributed by atoms with van der Waals surface area (Å²) in [5.74, 6) is -2.58. The SMILES string of the molecule is COC(=O)c1ccccc1NC(=O)COC(=O)/C=C/c1ccc(F)c(Cl)c1. The van der Waals surface area contributed by atoms with Crippen molar-refractivity contribution in [3.63, 3.8) is 0 Å². The fraction of sp³-hybridized carbons (Fsp3) is 0.105. The first-order valence-electron chi connectivity index (χ1n) is 7.68. The summed E-state index contributed by atoms with van der Waals surface area (Å²) < 4.78 is 22.5. The molecule has 8 heteroatoms. The number of carbonyl (C=O) groups is 3. The van der Waals surface area contributed by atoms with E-state index in [0.717, 1.165) is 6.08 Å². The van der Waals surface area contributed by atoms with Crippen molar-refractivity contribution in [1.82, 2.24) is 0 Å². The van der Waals surface area contributed by atoms with Crippen molar-refractivity contribution in [3.8, 4) is 0 Å². The first kappa shape index (κ1) is 20.1. The number of esters is 2. The molecule has 0 unspecified atom stereocenters. The largest absolute Gasteiger partial charge is 0.465 e. The van der Waals surface area contributed by atoms with Crippen LogP contribution in [0.3, 0.4) is 0 Å². The highest BCUT2D eigenvalue weighted by atomic mass is 35.5. The van der Waals surface area contributed by atoms with Gasteiger partial charge in [0.2, 0.25) is 0 Å². The van der Waals surface area contributed by atoms with E-state index in [2.05, 4.69) is 10.1 Å². The highest BCUT2D eigenvalue weighted by Gasteiger charge is 2.14. The van der Waals surface area contributed by atoms with Gasteiger partial charge in [0.15, 0.2) is 6.61 Å². The van der Waals surface area contributed by atoms with Crippen LogP contribution in [0.5, 0.6) is 0 Å². The van der Waals surface area contributed by atoms with Crippen LogP contribution in [0.2, 0.25) is 5.02 Å². The van der Waals surface area contributed by atoms with Gasteiger partial charge in [0.05, 0.1) is 23.4 Å². The quantitative estimate of drug-likeness (QED) is 0.602.